The molecule has 3 amide bonds. The number of benzene rings is 2. The van der Waals surface area contributed by atoms with Crippen LogP contribution >= 0.6 is 11.6 Å². The zero-order chi connectivity index (χ0) is 25.5. The molecule has 0 bridgehead atoms. The number of esters is 1. The van der Waals surface area contributed by atoms with Crippen molar-refractivity contribution in [3.8, 4) is 5.69 Å². The predicted octanol–water partition coefficient (Wildman–Crippen LogP) is 4.18. The van der Waals surface area contributed by atoms with Crippen molar-refractivity contribution in [1.29, 1.82) is 0 Å². The third-order valence-electron chi connectivity index (χ3n) is 6.27. The third kappa shape index (κ3) is 4.10. The van der Waals surface area contributed by atoms with Crippen LogP contribution in [0, 0.1) is 13.8 Å². The van der Waals surface area contributed by atoms with Crippen molar-refractivity contribution in [3.05, 3.63) is 87.7 Å². The summed E-state index contributed by atoms with van der Waals surface area (Å²) >= 11 is 6.27. The quantitative estimate of drug-likeness (QED) is 0.315. The van der Waals surface area contributed by atoms with E-state index in [4.69, 9.17) is 16.3 Å². The summed E-state index contributed by atoms with van der Waals surface area (Å²) in [7, 11) is 1.32. The van der Waals surface area contributed by atoms with Gasteiger partial charge in [-0.25, -0.2) is 9.59 Å². The Balaban J connectivity index is 1.59. The van der Waals surface area contributed by atoms with Gasteiger partial charge in [-0.3, -0.25) is 14.5 Å². The molecule has 0 spiro atoms. The molecule has 1 atom stereocenters. The maximum Gasteiger partial charge on any atom is 0.337 e. The summed E-state index contributed by atoms with van der Waals surface area (Å²) in [4.78, 5) is 51.8. The van der Waals surface area contributed by atoms with Gasteiger partial charge in [0.25, 0.3) is 5.91 Å². The van der Waals surface area contributed by atoms with Crippen molar-refractivity contribution in [3.63, 3.8) is 0 Å². The number of nitrogens with zero attached hydrogens (tertiary/aromatic N) is 2. The molecule has 3 aromatic rings. The number of carbonyl (C=O) groups is 4. The van der Waals surface area contributed by atoms with Gasteiger partial charge in [0, 0.05) is 33.2 Å². The Morgan fingerprint density at radius 1 is 1.06 bits per heavy atom. The molecule has 1 aromatic heterocycles. The highest BCUT2D eigenvalue weighted by molar-refractivity contribution is 6.32. The van der Waals surface area contributed by atoms with Crippen molar-refractivity contribution < 1.29 is 23.9 Å². The van der Waals surface area contributed by atoms with E-state index in [0.717, 1.165) is 16.3 Å². The molecule has 180 valence electrons. The Kier molecular flexibility index (Phi) is 6.25. The third-order valence-corrected chi connectivity index (χ3v) is 6.60. The molecular weight excluding hydrogens is 470 g/mol. The van der Waals surface area contributed by atoms with Gasteiger partial charge in [0.2, 0.25) is 0 Å². The molecule has 2 heterocycles. The van der Waals surface area contributed by atoms with E-state index in [0.29, 0.717) is 27.4 Å². The number of ether oxygens (including phenoxy) is 1. The van der Waals surface area contributed by atoms with Crippen molar-refractivity contribution in [1.82, 2.24) is 14.8 Å². The number of hydrogen-bond acceptors (Lipinski definition) is 5. The number of rotatable bonds is 6. The molecule has 1 N–H and O–H groups in total. The van der Waals surface area contributed by atoms with Gasteiger partial charge in [-0.2, -0.15) is 0 Å². The monoisotopic (exact) mass is 493 g/mol. The highest BCUT2D eigenvalue weighted by Crippen LogP contribution is 2.33. The minimum absolute atomic E-state index is 0.346. The first kappa shape index (κ1) is 24.2. The van der Waals surface area contributed by atoms with Crippen LogP contribution in [-0.2, 0) is 15.1 Å². The second-order valence-electron chi connectivity index (χ2n) is 8.51. The first-order valence-corrected chi connectivity index (χ1v) is 11.3. The van der Waals surface area contributed by atoms with E-state index in [1.165, 1.54) is 7.11 Å². The minimum Gasteiger partial charge on any atom is -0.465 e. The number of aryl methyl sites for hydroxylation is 1. The highest BCUT2D eigenvalue weighted by Gasteiger charge is 2.50. The number of methoxy groups -OCH3 is 1. The van der Waals surface area contributed by atoms with E-state index in [2.05, 4.69) is 5.32 Å². The summed E-state index contributed by atoms with van der Waals surface area (Å²) in [6.07, 6.45) is 0. The summed E-state index contributed by atoms with van der Waals surface area (Å²) in [5.74, 6) is -1.36. The fourth-order valence-corrected chi connectivity index (χ4v) is 4.75. The molecule has 2 aromatic carbocycles. The Labute approximate surface area is 207 Å². The van der Waals surface area contributed by atoms with Gasteiger partial charge in [0.15, 0.2) is 5.78 Å². The fourth-order valence-electron chi connectivity index (χ4n) is 4.43. The number of Topliss-reactive ketones (excluding diaryl/α,β-unsaturated/α-hetero) is 1. The largest absolute Gasteiger partial charge is 0.465 e. The van der Waals surface area contributed by atoms with Crippen LogP contribution in [-0.4, -0.2) is 46.8 Å². The van der Waals surface area contributed by atoms with Gasteiger partial charge in [0.1, 0.15) is 5.54 Å². The number of urea groups is 1. The molecule has 4 rings (SSSR count). The first-order chi connectivity index (χ1) is 16.6. The Hall–Kier alpha value is -3.91. The SMILES string of the molecule is COC(=O)c1ccc(-n2c(C)cc(C(=O)CN3C(=O)NC(C)(c4ccccc4Cl)C3=O)c2C)cc1. The summed E-state index contributed by atoms with van der Waals surface area (Å²) in [5.41, 5.74) is 2.10. The Morgan fingerprint density at radius 3 is 2.34 bits per heavy atom. The van der Waals surface area contributed by atoms with Crippen LogP contribution in [0.2, 0.25) is 5.02 Å². The number of amides is 3. The van der Waals surface area contributed by atoms with Gasteiger partial charge in [-0.1, -0.05) is 29.8 Å². The van der Waals surface area contributed by atoms with Crippen LogP contribution < -0.4 is 5.32 Å². The van der Waals surface area contributed by atoms with Gasteiger partial charge in [-0.05, 0) is 57.2 Å². The van der Waals surface area contributed by atoms with Crippen molar-refractivity contribution in [2.45, 2.75) is 26.3 Å². The molecule has 0 radical (unpaired) electrons. The van der Waals surface area contributed by atoms with Crippen LogP contribution in [0.15, 0.2) is 54.6 Å². The Bertz CT molecular complexity index is 1360. The van der Waals surface area contributed by atoms with Crippen molar-refractivity contribution in [2.75, 3.05) is 13.7 Å². The number of imide groups is 1. The summed E-state index contributed by atoms with van der Waals surface area (Å²) in [5, 5.41) is 3.02. The molecule has 35 heavy (non-hydrogen) atoms. The molecule has 1 unspecified atom stereocenters. The molecule has 9 heteroatoms. The first-order valence-electron chi connectivity index (χ1n) is 10.9. The van der Waals surface area contributed by atoms with Crippen LogP contribution in [0.5, 0.6) is 0 Å². The van der Waals surface area contributed by atoms with E-state index < -0.39 is 30.0 Å². The maximum absolute atomic E-state index is 13.2. The zero-order valence-electron chi connectivity index (χ0n) is 19.7. The molecule has 0 saturated carbocycles. The number of hydrogen-bond donors (Lipinski definition) is 1. The molecule has 8 nitrogen and oxygen atoms in total. The lowest BCUT2D eigenvalue weighted by Crippen LogP contribution is -2.41. The minimum atomic E-state index is -1.37. The highest BCUT2D eigenvalue weighted by atomic mass is 35.5. The second-order valence-corrected chi connectivity index (χ2v) is 8.92. The van der Waals surface area contributed by atoms with Crippen LogP contribution in [0.4, 0.5) is 4.79 Å². The topological polar surface area (TPSA) is 97.7 Å². The van der Waals surface area contributed by atoms with Gasteiger partial charge in [-0.15, -0.1) is 0 Å². The second kappa shape index (κ2) is 9.03. The zero-order valence-corrected chi connectivity index (χ0v) is 20.5. The summed E-state index contributed by atoms with van der Waals surface area (Å²) in [6.45, 7) is 4.80. The normalized spacial score (nSPS) is 17.5. The average molecular weight is 494 g/mol. The number of aromatic nitrogens is 1. The van der Waals surface area contributed by atoms with E-state index in [9.17, 15) is 19.2 Å². The van der Waals surface area contributed by atoms with Crippen LogP contribution in [0.25, 0.3) is 5.69 Å². The molecule has 0 aliphatic carbocycles. The number of nitrogens with one attached hydrogen (secondary N) is 1. The molecule has 1 saturated heterocycles. The van der Waals surface area contributed by atoms with E-state index in [-0.39, 0.29) is 5.78 Å². The predicted molar refractivity (Wildman–Crippen MR) is 130 cm³/mol. The lowest BCUT2D eigenvalue weighted by molar-refractivity contribution is -0.130. The number of halogens is 1. The average Bonchev–Trinajstić information content (AvgIpc) is 3.26. The fraction of sp³-hybridized carbons (Fsp3) is 0.231. The smallest absolute Gasteiger partial charge is 0.337 e. The molecule has 1 fully saturated rings. The van der Waals surface area contributed by atoms with Crippen LogP contribution in [0.1, 0.15) is 44.6 Å². The van der Waals surface area contributed by atoms with E-state index >= 15 is 0 Å². The van der Waals surface area contributed by atoms with Gasteiger partial charge >= 0.3 is 12.0 Å². The number of ketones is 1. The summed E-state index contributed by atoms with van der Waals surface area (Å²) < 4.78 is 6.60. The van der Waals surface area contributed by atoms with Gasteiger partial charge < -0.3 is 14.6 Å². The van der Waals surface area contributed by atoms with Crippen LogP contribution in [0.3, 0.4) is 0 Å². The van der Waals surface area contributed by atoms with E-state index in [1.807, 2.05) is 11.5 Å². The molecule has 1 aliphatic rings. The molecular formula is C26H24ClN3O5. The standard InChI is InChI=1S/C26H24ClN3O5/c1-15-13-19(16(2)30(15)18-11-9-17(10-12-18)23(32)35-4)22(31)14-29-24(33)26(3,28-25(29)34)20-7-5-6-8-21(20)27/h5-13H,14H2,1-4H3,(H,28,34). The lowest BCUT2D eigenvalue weighted by Gasteiger charge is -2.23. The van der Waals surface area contributed by atoms with Crippen molar-refractivity contribution >= 4 is 35.3 Å². The Morgan fingerprint density at radius 2 is 1.71 bits per heavy atom. The number of carbonyl (C=O) groups excluding carboxylic acids is 4. The van der Waals surface area contributed by atoms with Gasteiger partial charge in [0.05, 0.1) is 19.2 Å². The van der Waals surface area contributed by atoms with Crippen molar-refractivity contribution in [2.24, 2.45) is 0 Å². The maximum atomic E-state index is 13.2. The van der Waals surface area contributed by atoms with E-state index in [1.54, 1.807) is 68.4 Å². The summed E-state index contributed by atoms with van der Waals surface area (Å²) in [6, 6.07) is 14.6. The molecule has 1 aliphatic heterocycles. The lowest BCUT2D eigenvalue weighted by atomic mass is 9.92.